The van der Waals surface area contributed by atoms with Gasteiger partial charge < -0.3 is 5.32 Å². The molecule has 7 heteroatoms. The molecule has 0 aliphatic rings. The highest BCUT2D eigenvalue weighted by Crippen LogP contribution is 2.22. The summed E-state index contributed by atoms with van der Waals surface area (Å²) in [4.78, 5) is 12.9. The third-order valence-corrected chi connectivity index (χ3v) is 6.09. The van der Waals surface area contributed by atoms with E-state index in [1.54, 1.807) is 4.68 Å². The molecular weight excluding hydrogens is 418 g/mol. The van der Waals surface area contributed by atoms with Gasteiger partial charge in [0.2, 0.25) is 11.1 Å². The topological polar surface area (TPSA) is 72.7 Å². The first-order chi connectivity index (χ1) is 15.6. The third kappa shape index (κ3) is 5.42. The van der Waals surface area contributed by atoms with E-state index in [-0.39, 0.29) is 17.7 Å². The van der Waals surface area contributed by atoms with Crippen molar-refractivity contribution in [2.75, 3.05) is 5.75 Å². The number of aryl methyl sites for hydroxylation is 2. The number of benzene rings is 3. The molecule has 4 rings (SSSR count). The molecule has 32 heavy (non-hydrogen) atoms. The number of thioether (sulfide) groups is 1. The molecule has 0 aliphatic heterocycles. The standard InChI is InChI=1S/C25H25N5OS/c1-18-13-14-23(19(2)15-18)30-25(27-28-29-30)32-17-24(31)26-22(21-11-7-4-8-12-21)16-20-9-5-3-6-10-20/h3-15,22H,16-17H2,1-2H3,(H,26,31). The van der Waals surface area contributed by atoms with Crippen molar-refractivity contribution in [3.8, 4) is 5.69 Å². The molecule has 1 amide bonds. The maximum Gasteiger partial charge on any atom is 0.230 e. The second kappa shape index (κ2) is 10.2. The van der Waals surface area contributed by atoms with Crippen LogP contribution in [0.5, 0.6) is 0 Å². The van der Waals surface area contributed by atoms with Crippen molar-refractivity contribution in [3.05, 3.63) is 101 Å². The Bertz CT molecular complexity index is 1180. The van der Waals surface area contributed by atoms with Crippen molar-refractivity contribution in [2.45, 2.75) is 31.5 Å². The largest absolute Gasteiger partial charge is 0.348 e. The van der Waals surface area contributed by atoms with Gasteiger partial charge in [0.05, 0.1) is 17.5 Å². The normalized spacial score (nSPS) is 11.8. The van der Waals surface area contributed by atoms with E-state index < -0.39 is 0 Å². The van der Waals surface area contributed by atoms with Gasteiger partial charge in [0.15, 0.2) is 0 Å². The Morgan fingerprint density at radius 3 is 2.44 bits per heavy atom. The summed E-state index contributed by atoms with van der Waals surface area (Å²) in [6.45, 7) is 4.08. The van der Waals surface area contributed by atoms with E-state index in [1.807, 2.05) is 67.6 Å². The Balaban J connectivity index is 1.45. The van der Waals surface area contributed by atoms with Crippen LogP contribution in [0.2, 0.25) is 0 Å². The highest BCUT2D eigenvalue weighted by Gasteiger charge is 2.17. The van der Waals surface area contributed by atoms with E-state index in [9.17, 15) is 4.79 Å². The molecule has 0 bridgehead atoms. The zero-order valence-electron chi connectivity index (χ0n) is 18.1. The zero-order valence-corrected chi connectivity index (χ0v) is 18.9. The lowest BCUT2D eigenvalue weighted by molar-refractivity contribution is -0.119. The smallest absolute Gasteiger partial charge is 0.230 e. The van der Waals surface area contributed by atoms with Gasteiger partial charge in [-0.2, -0.15) is 4.68 Å². The molecule has 0 saturated carbocycles. The molecule has 1 atom stereocenters. The summed E-state index contributed by atoms with van der Waals surface area (Å²) < 4.78 is 1.69. The lowest BCUT2D eigenvalue weighted by Crippen LogP contribution is -2.31. The summed E-state index contributed by atoms with van der Waals surface area (Å²) in [5, 5.41) is 15.8. The molecule has 0 radical (unpaired) electrons. The van der Waals surface area contributed by atoms with Crippen molar-refractivity contribution < 1.29 is 4.79 Å². The van der Waals surface area contributed by atoms with Crippen molar-refractivity contribution in [1.29, 1.82) is 0 Å². The number of aromatic nitrogens is 4. The number of hydrogen-bond acceptors (Lipinski definition) is 5. The Morgan fingerprint density at radius 1 is 1.00 bits per heavy atom. The summed E-state index contributed by atoms with van der Waals surface area (Å²) in [6.07, 6.45) is 0.724. The average Bonchev–Trinajstić information content (AvgIpc) is 3.27. The van der Waals surface area contributed by atoms with Crippen molar-refractivity contribution in [3.63, 3.8) is 0 Å². The lowest BCUT2D eigenvalue weighted by atomic mass is 9.99. The second-order valence-corrected chi connectivity index (χ2v) is 8.61. The average molecular weight is 444 g/mol. The van der Waals surface area contributed by atoms with Gasteiger partial charge in [0.1, 0.15) is 0 Å². The molecule has 1 heterocycles. The second-order valence-electron chi connectivity index (χ2n) is 7.67. The van der Waals surface area contributed by atoms with Crippen LogP contribution in [-0.2, 0) is 11.2 Å². The number of nitrogens with zero attached hydrogens (tertiary/aromatic N) is 4. The summed E-state index contributed by atoms with van der Waals surface area (Å²) in [5.74, 6) is 0.165. The van der Waals surface area contributed by atoms with E-state index >= 15 is 0 Å². The molecule has 0 aliphatic carbocycles. The Hall–Kier alpha value is -3.45. The van der Waals surface area contributed by atoms with E-state index in [2.05, 4.69) is 46.0 Å². The predicted molar refractivity (Wildman–Crippen MR) is 127 cm³/mol. The molecule has 0 saturated heterocycles. The van der Waals surface area contributed by atoms with Crippen LogP contribution in [0.1, 0.15) is 28.3 Å². The van der Waals surface area contributed by atoms with E-state index in [1.165, 1.54) is 22.9 Å². The highest BCUT2D eigenvalue weighted by atomic mass is 32.2. The molecular formula is C25H25N5OS. The van der Waals surface area contributed by atoms with Crippen LogP contribution in [0.25, 0.3) is 5.69 Å². The number of nitrogens with one attached hydrogen (secondary N) is 1. The van der Waals surface area contributed by atoms with Crippen molar-refractivity contribution in [1.82, 2.24) is 25.5 Å². The molecule has 3 aromatic carbocycles. The Morgan fingerprint density at radius 2 is 1.72 bits per heavy atom. The fourth-order valence-corrected chi connectivity index (χ4v) is 4.31. The molecule has 162 valence electrons. The summed E-state index contributed by atoms with van der Waals surface area (Å²) >= 11 is 1.33. The number of tetrazole rings is 1. The number of amides is 1. The van der Waals surface area contributed by atoms with Gasteiger partial charge in [-0.15, -0.1) is 5.10 Å². The van der Waals surface area contributed by atoms with Gasteiger partial charge >= 0.3 is 0 Å². The van der Waals surface area contributed by atoms with Gasteiger partial charge in [-0.05, 0) is 53.5 Å². The molecule has 1 aromatic heterocycles. The zero-order chi connectivity index (χ0) is 22.3. The van der Waals surface area contributed by atoms with Gasteiger partial charge in [-0.3, -0.25) is 4.79 Å². The Kier molecular flexibility index (Phi) is 6.97. The molecule has 0 spiro atoms. The molecule has 6 nitrogen and oxygen atoms in total. The van der Waals surface area contributed by atoms with Crippen LogP contribution in [0.4, 0.5) is 0 Å². The first kappa shape index (κ1) is 21.8. The lowest BCUT2D eigenvalue weighted by Gasteiger charge is -2.19. The number of carbonyl (C=O) groups is 1. The van der Waals surface area contributed by atoms with Crippen LogP contribution >= 0.6 is 11.8 Å². The van der Waals surface area contributed by atoms with Crippen LogP contribution in [-0.4, -0.2) is 31.9 Å². The predicted octanol–water partition coefficient (Wildman–Crippen LogP) is 4.47. The number of hydrogen-bond donors (Lipinski definition) is 1. The maximum absolute atomic E-state index is 12.9. The number of rotatable bonds is 8. The molecule has 1 unspecified atom stereocenters. The minimum Gasteiger partial charge on any atom is -0.348 e. The minimum absolute atomic E-state index is 0.0602. The highest BCUT2D eigenvalue weighted by molar-refractivity contribution is 7.99. The van der Waals surface area contributed by atoms with E-state index in [0.29, 0.717) is 5.16 Å². The Labute approximate surface area is 192 Å². The summed E-state index contributed by atoms with van der Waals surface area (Å²) in [6, 6.07) is 26.2. The maximum atomic E-state index is 12.9. The SMILES string of the molecule is Cc1ccc(-n2nnnc2SCC(=O)NC(Cc2ccccc2)c2ccccc2)c(C)c1. The van der Waals surface area contributed by atoms with Crippen LogP contribution in [0.15, 0.2) is 84.0 Å². The van der Waals surface area contributed by atoms with E-state index in [4.69, 9.17) is 0 Å². The van der Waals surface area contributed by atoms with Gasteiger partial charge in [0.25, 0.3) is 0 Å². The van der Waals surface area contributed by atoms with Gasteiger partial charge in [0, 0.05) is 0 Å². The molecule has 4 aromatic rings. The van der Waals surface area contributed by atoms with Gasteiger partial charge in [-0.25, -0.2) is 0 Å². The van der Waals surface area contributed by atoms with Crippen molar-refractivity contribution >= 4 is 17.7 Å². The van der Waals surface area contributed by atoms with Crippen LogP contribution in [0, 0.1) is 13.8 Å². The quantitative estimate of drug-likeness (QED) is 0.407. The third-order valence-electron chi connectivity index (χ3n) is 5.17. The first-order valence-corrected chi connectivity index (χ1v) is 11.5. The van der Waals surface area contributed by atoms with Crippen LogP contribution in [0.3, 0.4) is 0 Å². The minimum atomic E-state index is -0.109. The van der Waals surface area contributed by atoms with Crippen LogP contribution < -0.4 is 5.32 Å². The van der Waals surface area contributed by atoms with E-state index in [0.717, 1.165) is 23.2 Å². The monoisotopic (exact) mass is 443 g/mol. The fourth-order valence-electron chi connectivity index (χ4n) is 3.62. The van der Waals surface area contributed by atoms with Gasteiger partial charge in [-0.1, -0.05) is 90.1 Å². The fraction of sp³-hybridized carbons (Fsp3) is 0.200. The summed E-state index contributed by atoms with van der Waals surface area (Å²) in [5.41, 5.74) is 5.42. The first-order valence-electron chi connectivity index (χ1n) is 10.5. The molecule has 0 fully saturated rings. The van der Waals surface area contributed by atoms with Crippen molar-refractivity contribution in [2.24, 2.45) is 0 Å². The number of carbonyl (C=O) groups excluding carboxylic acids is 1. The summed E-state index contributed by atoms with van der Waals surface area (Å²) in [7, 11) is 0. The molecule has 1 N–H and O–H groups in total.